The van der Waals surface area contributed by atoms with E-state index in [1.807, 2.05) is 19.9 Å². The SMILES string of the molecule is CCNC(C)c1ccc(OCC)c(OCC)c1. The fourth-order valence-electron chi connectivity index (χ4n) is 1.76. The lowest BCUT2D eigenvalue weighted by Gasteiger charge is -2.16. The lowest BCUT2D eigenvalue weighted by molar-refractivity contribution is 0.287. The van der Waals surface area contributed by atoms with E-state index in [4.69, 9.17) is 9.47 Å². The first-order valence-corrected chi connectivity index (χ1v) is 6.35. The minimum Gasteiger partial charge on any atom is -0.490 e. The van der Waals surface area contributed by atoms with Gasteiger partial charge in [0.2, 0.25) is 0 Å². The fourth-order valence-corrected chi connectivity index (χ4v) is 1.76. The van der Waals surface area contributed by atoms with Crippen LogP contribution in [0.4, 0.5) is 0 Å². The number of ether oxygens (including phenoxy) is 2. The van der Waals surface area contributed by atoms with Gasteiger partial charge in [-0.3, -0.25) is 0 Å². The first-order chi connectivity index (χ1) is 8.22. The molecule has 1 aromatic carbocycles. The van der Waals surface area contributed by atoms with Crippen molar-refractivity contribution in [3.8, 4) is 11.5 Å². The van der Waals surface area contributed by atoms with Crippen molar-refractivity contribution in [1.29, 1.82) is 0 Å². The summed E-state index contributed by atoms with van der Waals surface area (Å²) in [5.41, 5.74) is 1.22. The van der Waals surface area contributed by atoms with Crippen LogP contribution < -0.4 is 14.8 Å². The van der Waals surface area contributed by atoms with Gasteiger partial charge in [0, 0.05) is 6.04 Å². The molecule has 0 bridgehead atoms. The molecule has 0 radical (unpaired) electrons. The summed E-state index contributed by atoms with van der Waals surface area (Å²) in [6.45, 7) is 10.5. The zero-order valence-corrected chi connectivity index (χ0v) is 11.2. The molecule has 96 valence electrons. The summed E-state index contributed by atoms with van der Waals surface area (Å²) >= 11 is 0. The van der Waals surface area contributed by atoms with Crippen LogP contribution >= 0.6 is 0 Å². The Kier molecular flexibility index (Phi) is 5.84. The Morgan fingerprint density at radius 1 is 1.06 bits per heavy atom. The molecule has 0 saturated heterocycles. The first-order valence-electron chi connectivity index (χ1n) is 6.35. The molecule has 0 aromatic heterocycles. The Balaban J connectivity index is 2.91. The summed E-state index contributed by atoms with van der Waals surface area (Å²) in [5.74, 6) is 1.65. The molecule has 3 nitrogen and oxygen atoms in total. The van der Waals surface area contributed by atoms with Crippen LogP contribution in [0.1, 0.15) is 39.3 Å². The fraction of sp³-hybridized carbons (Fsp3) is 0.571. The summed E-state index contributed by atoms with van der Waals surface area (Å²) in [5, 5.41) is 3.39. The van der Waals surface area contributed by atoms with Crippen LogP contribution in [0.25, 0.3) is 0 Å². The maximum atomic E-state index is 5.61. The quantitative estimate of drug-likeness (QED) is 0.790. The summed E-state index contributed by atoms with van der Waals surface area (Å²) < 4.78 is 11.1. The highest BCUT2D eigenvalue weighted by Crippen LogP contribution is 2.30. The first kappa shape index (κ1) is 13.8. The third-order valence-electron chi connectivity index (χ3n) is 2.58. The second-order valence-electron chi connectivity index (χ2n) is 3.85. The predicted molar refractivity (Wildman–Crippen MR) is 70.9 cm³/mol. The van der Waals surface area contributed by atoms with Gasteiger partial charge >= 0.3 is 0 Å². The average Bonchev–Trinajstić information content (AvgIpc) is 2.32. The Morgan fingerprint density at radius 3 is 2.29 bits per heavy atom. The van der Waals surface area contributed by atoms with Crippen molar-refractivity contribution in [1.82, 2.24) is 5.32 Å². The maximum absolute atomic E-state index is 5.61. The van der Waals surface area contributed by atoms with Gasteiger partial charge in [-0.05, 0) is 45.0 Å². The number of hydrogen-bond acceptors (Lipinski definition) is 3. The van der Waals surface area contributed by atoms with Crippen molar-refractivity contribution in [3.63, 3.8) is 0 Å². The van der Waals surface area contributed by atoms with Gasteiger partial charge in [-0.2, -0.15) is 0 Å². The summed E-state index contributed by atoms with van der Waals surface area (Å²) in [7, 11) is 0. The van der Waals surface area contributed by atoms with E-state index < -0.39 is 0 Å². The third kappa shape index (κ3) is 3.93. The molecule has 1 aromatic rings. The van der Waals surface area contributed by atoms with E-state index in [-0.39, 0.29) is 0 Å². The molecule has 0 amide bonds. The van der Waals surface area contributed by atoms with Gasteiger partial charge in [-0.15, -0.1) is 0 Å². The van der Waals surface area contributed by atoms with Crippen molar-refractivity contribution in [2.45, 2.75) is 33.7 Å². The zero-order chi connectivity index (χ0) is 12.7. The molecular weight excluding hydrogens is 214 g/mol. The Hall–Kier alpha value is -1.22. The summed E-state index contributed by atoms with van der Waals surface area (Å²) in [6.07, 6.45) is 0. The average molecular weight is 237 g/mol. The molecule has 0 aliphatic rings. The molecule has 0 aliphatic carbocycles. The lowest BCUT2D eigenvalue weighted by Crippen LogP contribution is -2.17. The monoisotopic (exact) mass is 237 g/mol. The summed E-state index contributed by atoms with van der Waals surface area (Å²) in [6, 6.07) is 6.45. The molecule has 17 heavy (non-hydrogen) atoms. The van der Waals surface area contributed by atoms with Gasteiger partial charge in [0.15, 0.2) is 11.5 Å². The van der Waals surface area contributed by atoms with E-state index >= 15 is 0 Å². The molecule has 1 rings (SSSR count). The van der Waals surface area contributed by atoms with Crippen molar-refractivity contribution in [3.05, 3.63) is 23.8 Å². The molecule has 0 spiro atoms. The minimum atomic E-state index is 0.329. The molecule has 1 N–H and O–H groups in total. The molecule has 3 heteroatoms. The van der Waals surface area contributed by atoms with E-state index in [9.17, 15) is 0 Å². The van der Waals surface area contributed by atoms with Gasteiger partial charge in [-0.25, -0.2) is 0 Å². The number of nitrogens with one attached hydrogen (secondary N) is 1. The highest BCUT2D eigenvalue weighted by molar-refractivity contribution is 5.43. The van der Waals surface area contributed by atoms with Crippen LogP contribution in [0.15, 0.2) is 18.2 Å². The van der Waals surface area contributed by atoms with Crippen molar-refractivity contribution >= 4 is 0 Å². The molecule has 0 heterocycles. The topological polar surface area (TPSA) is 30.5 Å². The van der Waals surface area contributed by atoms with Crippen molar-refractivity contribution in [2.24, 2.45) is 0 Å². The number of hydrogen-bond donors (Lipinski definition) is 1. The predicted octanol–water partition coefficient (Wildman–Crippen LogP) is 3.15. The van der Waals surface area contributed by atoms with E-state index in [1.54, 1.807) is 0 Å². The van der Waals surface area contributed by atoms with Crippen LogP contribution in [-0.2, 0) is 0 Å². The summed E-state index contributed by atoms with van der Waals surface area (Å²) in [4.78, 5) is 0. The van der Waals surface area contributed by atoms with Gasteiger partial charge in [-0.1, -0.05) is 13.0 Å². The molecule has 1 atom stereocenters. The van der Waals surface area contributed by atoms with Gasteiger partial charge in [0.1, 0.15) is 0 Å². The van der Waals surface area contributed by atoms with Gasteiger partial charge in [0.05, 0.1) is 13.2 Å². The van der Waals surface area contributed by atoms with Crippen molar-refractivity contribution in [2.75, 3.05) is 19.8 Å². The second-order valence-corrected chi connectivity index (χ2v) is 3.85. The van der Waals surface area contributed by atoms with E-state index in [0.29, 0.717) is 19.3 Å². The van der Waals surface area contributed by atoms with Crippen molar-refractivity contribution < 1.29 is 9.47 Å². The zero-order valence-electron chi connectivity index (χ0n) is 11.2. The molecule has 0 aliphatic heterocycles. The maximum Gasteiger partial charge on any atom is 0.161 e. The Morgan fingerprint density at radius 2 is 1.71 bits per heavy atom. The Labute approximate surface area is 104 Å². The lowest BCUT2D eigenvalue weighted by atomic mass is 10.1. The van der Waals surface area contributed by atoms with Gasteiger partial charge in [0.25, 0.3) is 0 Å². The standard InChI is InChI=1S/C14H23NO2/c1-5-15-11(4)12-8-9-13(16-6-2)14(10-12)17-7-3/h8-11,15H,5-7H2,1-4H3. The largest absolute Gasteiger partial charge is 0.490 e. The number of benzene rings is 1. The highest BCUT2D eigenvalue weighted by Gasteiger charge is 2.09. The van der Waals surface area contributed by atoms with E-state index in [2.05, 4.69) is 31.3 Å². The van der Waals surface area contributed by atoms with Gasteiger partial charge < -0.3 is 14.8 Å². The van der Waals surface area contributed by atoms with Crippen LogP contribution in [0.3, 0.4) is 0 Å². The highest BCUT2D eigenvalue weighted by atomic mass is 16.5. The number of rotatable bonds is 7. The van der Waals surface area contributed by atoms with Crippen LogP contribution in [-0.4, -0.2) is 19.8 Å². The molecular formula is C14H23NO2. The second kappa shape index (κ2) is 7.17. The molecule has 0 fully saturated rings. The van der Waals surface area contributed by atoms with Crippen LogP contribution in [0.5, 0.6) is 11.5 Å². The van der Waals surface area contributed by atoms with Crippen LogP contribution in [0.2, 0.25) is 0 Å². The Bertz CT molecular complexity index is 339. The molecule has 1 unspecified atom stereocenters. The van der Waals surface area contributed by atoms with Crippen LogP contribution in [0, 0.1) is 0 Å². The minimum absolute atomic E-state index is 0.329. The molecule has 0 saturated carbocycles. The smallest absolute Gasteiger partial charge is 0.161 e. The normalized spacial score (nSPS) is 12.2. The van der Waals surface area contributed by atoms with E-state index in [1.165, 1.54) is 5.56 Å². The van der Waals surface area contributed by atoms with E-state index in [0.717, 1.165) is 18.0 Å². The third-order valence-corrected chi connectivity index (χ3v) is 2.58.